The Bertz CT molecular complexity index is 1040. The van der Waals surface area contributed by atoms with Gasteiger partial charge in [0.2, 0.25) is 0 Å². The number of aryl methyl sites for hydroxylation is 1. The maximum absolute atomic E-state index is 12.8. The average Bonchev–Trinajstić information content (AvgIpc) is 3.51. The predicted octanol–water partition coefficient (Wildman–Crippen LogP) is 5.75. The van der Waals surface area contributed by atoms with Crippen LogP contribution < -0.4 is 14.8 Å². The van der Waals surface area contributed by atoms with Crippen molar-refractivity contribution < 1.29 is 18.7 Å². The number of nitrogens with zero attached hydrogens (tertiary/aromatic N) is 1. The number of amides is 1. The average molecular weight is 455 g/mol. The Morgan fingerprint density at radius 3 is 2.59 bits per heavy atom. The summed E-state index contributed by atoms with van der Waals surface area (Å²) in [6.07, 6.45) is 5.96. The number of furan rings is 1. The van der Waals surface area contributed by atoms with E-state index in [1.54, 1.807) is 37.7 Å². The Balaban J connectivity index is 1.81. The van der Waals surface area contributed by atoms with Gasteiger partial charge < -0.3 is 19.2 Å². The van der Waals surface area contributed by atoms with Crippen molar-refractivity contribution in [1.29, 1.82) is 0 Å². The molecule has 1 aliphatic heterocycles. The van der Waals surface area contributed by atoms with Gasteiger partial charge in [0.15, 0.2) is 5.76 Å². The monoisotopic (exact) mass is 454 g/mol. The SMILES string of the molecule is CCc1cc([C@@H](c2cc(OC)ccc2OC)N2CCCCC2)c(NC(=O)c2ccco2)s1. The smallest absolute Gasteiger partial charge is 0.291 e. The van der Waals surface area contributed by atoms with Crippen LogP contribution in [0.5, 0.6) is 11.5 Å². The highest BCUT2D eigenvalue weighted by atomic mass is 32.1. The van der Waals surface area contributed by atoms with Gasteiger partial charge >= 0.3 is 0 Å². The lowest BCUT2D eigenvalue weighted by atomic mass is 9.94. The van der Waals surface area contributed by atoms with Crippen molar-refractivity contribution in [2.24, 2.45) is 0 Å². The van der Waals surface area contributed by atoms with Crippen LogP contribution in [0.25, 0.3) is 0 Å². The first-order valence-electron chi connectivity index (χ1n) is 11.1. The molecule has 1 saturated heterocycles. The Kier molecular flexibility index (Phi) is 7.17. The summed E-state index contributed by atoms with van der Waals surface area (Å²) in [6, 6.07) is 11.5. The molecule has 1 aromatic carbocycles. The second-order valence-corrected chi connectivity index (χ2v) is 9.03. The van der Waals surface area contributed by atoms with Crippen LogP contribution in [0.15, 0.2) is 47.1 Å². The molecule has 1 aliphatic rings. The summed E-state index contributed by atoms with van der Waals surface area (Å²) in [5.41, 5.74) is 2.13. The topological polar surface area (TPSA) is 63.9 Å². The molecule has 0 bridgehead atoms. The molecule has 7 heteroatoms. The number of hydrogen-bond donors (Lipinski definition) is 1. The van der Waals surface area contributed by atoms with Crippen LogP contribution >= 0.6 is 11.3 Å². The second-order valence-electron chi connectivity index (χ2n) is 7.89. The lowest BCUT2D eigenvalue weighted by Crippen LogP contribution is -2.34. The van der Waals surface area contributed by atoms with E-state index in [1.807, 2.05) is 12.1 Å². The van der Waals surface area contributed by atoms with Crippen molar-refractivity contribution in [3.8, 4) is 11.5 Å². The summed E-state index contributed by atoms with van der Waals surface area (Å²) in [5, 5.41) is 3.96. The first-order chi connectivity index (χ1) is 15.6. The second kappa shape index (κ2) is 10.2. The standard InChI is InChI=1S/C25H30N2O4S/c1-4-18-16-20(25(32-18)26-24(28)22-9-8-14-31-22)23(27-12-6-5-7-13-27)19-15-17(29-2)10-11-21(19)30-3/h8-11,14-16,23H,4-7,12-13H2,1-3H3,(H,26,28)/t23-/m1/s1. The molecule has 0 spiro atoms. The molecule has 0 aliphatic carbocycles. The number of benzene rings is 1. The van der Waals surface area contributed by atoms with Crippen LogP contribution in [0.4, 0.5) is 5.00 Å². The van der Waals surface area contributed by atoms with Gasteiger partial charge in [-0.3, -0.25) is 9.69 Å². The van der Waals surface area contributed by atoms with Crippen molar-refractivity contribution in [2.45, 2.75) is 38.6 Å². The van der Waals surface area contributed by atoms with Crippen LogP contribution in [0, 0.1) is 0 Å². The third-order valence-electron chi connectivity index (χ3n) is 5.91. The fraction of sp³-hybridized carbons (Fsp3) is 0.400. The van der Waals surface area contributed by atoms with Gasteiger partial charge in [0, 0.05) is 16.0 Å². The Hall–Kier alpha value is -2.77. The van der Waals surface area contributed by atoms with Gasteiger partial charge in [-0.1, -0.05) is 13.3 Å². The molecule has 1 amide bonds. The molecule has 0 radical (unpaired) electrons. The normalized spacial score (nSPS) is 15.3. The molecule has 6 nitrogen and oxygen atoms in total. The largest absolute Gasteiger partial charge is 0.497 e. The zero-order chi connectivity index (χ0) is 22.5. The maximum Gasteiger partial charge on any atom is 0.291 e. The van der Waals surface area contributed by atoms with Crippen molar-refractivity contribution in [3.63, 3.8) is 0 Å². The molecule has 3 heterocycles. The third-order valence-corrected chi connectivity index (χ3v) is 7.12. The molecule has 1 atom stereocenters. The number of thiophene rings is 1. The van der Waals surface area contributed by atoms with Crippen LogP contribution in [0.3, 0.4) is 0 Å². The molecule has 32 heavy (non-hydrogen) atoms. The minimum absolute atomic E-state index is 0.0520. The quantitative estimate of drug-likeness (QED) is 0.470. The molecular weight excluding hydrogens is 424 g/mol. The van der Waals surface area contributed by atoms with E-state index in [-0.39, 0.29) is 11.9 Å². The van der Waals surface area contributed by atoms with E-state index >= 15 is 0 Å². The van der Waals surface area contributed by atoms with Crippen LogP contribution in [-0.4, -0.2) is 38.1 Å². The maximum atomic E-state index is 12.8. The summed E-state index contributed by atoms with van der Waals surface area (Å²) in [6.45, 7) is 4.12. The van der Waals surface area contributed by atoms with Gasteiger partial charge in [0.25, 0.3) is 5.91 Å². The lowest BCUT2D eigenvalue weighted by molar-refractivity contribution is 0.0996. The molecule has 0 unspecified atom stereocenters. The third kappa shape index (κ3) is 4.69. The first-order valence-corrected chi connectivity index (χ1v) is 11.9. The molecule has 0 saturated carbocycles. The summed E-state index contributed by atoms with van der Waals surface area (Å²) in [7, 11) is 3.37. The van der Waals surface area contributed by atoms with Gasteiger partial charge in [-0.2, -0.15) is 0 Å². The number of hydrogen-bond acceptors (Lipinski definition) is 6. The van der Waals surface area contributed by atoms with Gasteiger partial charge in [-0.25, -0.2) is 0 Å². The number of carbonyl (C=O) groups is 1. The minimum atomic E-state index is -0.240. The number of methoxy groups -OCH3 is 2. The summed E-state index contributed by atoms with van der Waals surface area (Å²) in [5.74, 6) is 1.66. The van der Waals surface area contributed by atoms with Crippen molar-refractivity contribution in [1.82, 2.24) is 4.90 Å². The Morgan fingerprint density at radius 1 is 1.12 bits per heavy atom. The molecule has 170 valence electrons. The van der Waals surface area contributed by atoms with E-state index in [0.29, 0.717) is 5.76 Å². The van der Waals surface area contributed by atoms with Gasteiger partial charge in [-0.05, 0) is 68.8 Å². The van der Waals surface area contributed by atoms with E-state index in [2.05, 4.69) is 29.3 Å². The number of rotatable bonds is 8. The highest BCUT2D eigenvalue weighted by molar-refractivity contribution is 7.16. The molecule has 1 N–H and O–H groups in total. The minimum Gasteiger partial charge on any atom is -0.497 e. The Morgan fingerprint density at radius 2 is 1.94 bits per heavy atom. The Labute approximate surface area is 193 Å². The van der Waals surface area contributed by atoms with E-state index in [0.717, 1.165) is 60.0 Å². The van der Waals surface area contributed by atoms with Crippen molar-refractivity contribution in [3.05, 3.63) is 64.4 Å². The number of anilines is 1. The zero-order valence-electron chi connectivity index (χ0n) is 18.8. The summed E-state index contributed by atoms with van der Waals surface area (Å²) in [4.78, 5) is 16.5. The van der Waals surface area contributed by atoms with E-state index < -0.39 is 0 Å². The van der Waals surface area contributed by atoms with Crippen LogP contribution in [0.2, 0.25) is 0 Å². The number of likely N-dealkylation sites (tertiary alicyclic amines) is 1. The van der Waals surface area contributed by atoms with Gasteiger partial charge in [0.1, 0.15) is 16.5 Å². The fourth-order valence-electron chi connectivity index (χ4n) is 4.30. The summed E-state index contributed by atoms with van der Waals surface area (Å²) >= 11 is 1.62. The highest BCUT2D eigenvalue weighted by Gasteiger charge is 2.31. The summed E-state index contributed by atoms with van der Waals surface area (Å²) < 4.78 is 16.6. The van der Waals surface area contributed by atoms with E-state index in [9.17, 15) is 4.79 Å². The van der Waals surface area contributed by atoms with Crippen LogP contribution in [0.1, 0.15) is 58.8 Å². The van der Waals surface area contributed by atoms with E-state index in [4.69, 9.17) is 13.9 Å². The molecule has 3 aromatic rings. The number of ether oxygens (including phenoxy) is 2. The van der Waals surface area contributed by atoms with Crippen LogP contribution in [-0.2, 0) is 6.42 Å². The van der Waals surface area contributed by atoms with Crippen molar-refractivity contribution in [2.75, 3.05) is 32.6 Å². The molecule has 2 aromatic heterocycles. The molecule has 4 rings (SSSR count). The first kappa shape index (κ1) is 22.4. The predicted molar refractivity (Wildman–Crippen MR) is 127 cm³/mol. The van der Waals surface area contributed by atoms with Gasteiger partial charge in [-0.15, -0.1) is 11.3 Å². The van der Waals surface area contributed by atoms with E-state index in [1.165, 1.54) is 17.6 Å². The number of piperidine rings is 1. The zero-order valence-corrected chi connectivity index (χ0v) is 19.7. The number of carbonyl (C=O) groups excluding carboxylic acids is 1. The lowest BCUT2D eigenvalue weighted by Gasteiger charge is -2.36. The highest BCUT2D eigenvalue weighted by Crippen LogP contribution is 2.44. The molecular formula is C25H30N2O4S. The van der Waals surface area contributed by atoms with Gasteiger partial charge in [0.05, 0.1) is 26.5 Å². The molecule has 1 fully saturated rings. The van der Waals surface area contributed by atoms with Crippen molar-refractivity contribution >= 4 is 22.2 Å². The number of nitrogens with one attached hydrogen (secondary N) is 1. The fourth-order valence-corrected chi connectivity index (χ4v) is 5.32.